The first kappa shape index (κ1) is 29.8. The van der Waals surface area contributed by atoms with Gasteiger partial charge in [-0.15, -0.1) is 0 Å². The zero-order valence-electron chi connectivity index (χ0n) is 23.4. The van der Waals surface area contributed by atoms with Crippen molar-refractivity contribution in [2.45, 2.75) is 122 Å². The van der Waals surface area contributed by atoms with Gasteiger partial charge in [-0.1, -0.05) is 66.3 Å². The first-order valence-corrected chi connectivity index (χ1v) is 21.5. The molecule has 1 aliphatic carbocycles. The molecule has 1 rings (SSSR count). The van der Waals surface area contributed by atoms with E-state index in [1.54, 1.807) is 0 Å². The minimum Gasteiger partial charge on any atom is -0.413 e. The Bertz CT molecular complexity index is 701. The summed E-state index contributed by atoms with van der Waals surface area (Å²) >= 11 is 0. The highest BCUT2D eigenvalue weighted by Gasteiger charge is 2.41. The molecule has 3 nitrogen and oxygen atoms in total. The molecule has 0 saturated carbocycles. The van der Waals surface area contributed by atoms with Gasteiger partial charge in [-0.3, -0.25) is 0 Å². The smallest absolute Gasteiger partial charge is 0.192 e. The van der Waals surface area contributed by atoms with Crippen molar-refractivity contribution in [1.29, 1.82) is 0 Å². The summed E-state index contributed by atoms with van der Waals surface area (Å²) in [6.07, 6.45) is 8.59. The van der Waals surface area contributed by atoms with Gasteiger partial charge >= 0.3 is 0 Å². The molecular formula is C26H52O3Si3. The van der Waals surface area contributed by atoms with Crippen LogP contribution in [0.2, 0.25) is 55.9 Å². The summed E-state index contributed by atoms with van der Waals surface area (Å²) < 4.78 is 20.1. The van der Waals surface area contributed by atoms with Crippen LogP contribution in [0, 0.1) is 0 Å². The Kier molecular flexibility index (Phi) is 9.83. The number of allylic oxidation sites excluding steroid dienone is 2. The minimum absolute atomic E-state index is 0.107. The van der Waals surface area contributed by atoms with Crippen LogP contribution in [0.3, 0.4) is 0 Å². The molecule has 0 aromatic rings. The molecule has 0 saturated heterocycles. The Morgan fingerprint density at radius 1 is 0.906 bits per heavy atom. The average Bonchev–Trinajstić information content (AvgIpc) is 2.56. The van der Waals surface area contributed by atoms with E-state index in [2.05, 4.69) is 106 Å². The van der Waals surface area contributed by atoms with E-state index in [9.17, 15) is 0 Å². The molecule has 6 heteroatoms. The van der Waals surface area contributed by atoms with Crippen LogP contribution in [0.1, 0.15) is 54.4 Å². The minimum atomic E-state index is -1.87. The van der Waals surface area contributed by atoms with Crippen LogP contribution < -0.4 is 0 Å². The zero-order chi connectivity index (χ0) is 25.2. The normalized spacial score (nSPS) is 22.0. The lowest BCUT2D eigenvalue weighted by Crippen LogP contribution is -2.45. The molecule has 0 fully saturated rings. The van der Waals surface area contributed by atoms with Crippen molar-refractivity contribution in [2.75, 3.05) is 6.61 Å². The molecule has 0 bridgehead atoms. The molecule has 1 aliphatic rings. The highest BCUT2D eigenvalue weighted by molar-refractivity contribution is 6.74. The highest BCUT2D eigenvalue weighted by Crippen LogP contribution is 2.41. The topological polar surface area (TPSA) is 27.7 Å². The summed E-state index contributed by atoms with van der Waals surface area (Å²) in [7, 11) is -5.43. The molecule has 0 spiro atoms. The van der Waals surface area contributed by atoms with Gasteiger partial charge in [-0.2, -0.15) is 0 Å². The van der Waals surface area contributed by atoms with Crippen LogP contribution in [-0.4, -0.2) is 43.8 Å². The fourth-order valence-corrected chi connectivity index (χ4v) is 6.56. The van der Waals surface area contributed by atoms with Crippen LogP contribution in [0.5, 0.6) is 0 Å². The highest BCUT2D eigenvalue weighted by atomic mass is 28.4. The molecule has 32 heavy (non-hydrogen) atoms. The Hall–Kier alpha value is -0.249. The van der Waals surface area contributed by atoms with Gasteiger partial charge in [0, 0.05) is 0 Å². The van der Waals surface area contributed by atoms with Crippen LogP contribution in [-0.2, 0) is 13.3 Å². The molecule has 0 radical (unpaired) electrons. The number of rotatable bonds is 9. The fourth-order valence-electron chi connectivity index (χ4n) is 3.22. The average molecular weight is 497 g/mol. The Labute approximate surface area is 203 Å². The van der Waals surface area contributed by atoms with Crippen LogP contribution in [0.25, 0.3) is 0 Å². The van der Waals surface area contributed by atoms with Crippen molar-refractivity contribution in [3.8, 4) is 0 Å². The Morgan fingerprint density at radius 2 is 1.44 bits per heavy atom. The fraction of sp³-hybridized carbons (Fsp3) is 0.769. The third-order valence-corrected chi connectivity index (χ3v) is 17.2. The van der Waals surface area contributed by atoms with Gasteiger partial charge in [0.2, 0.25) is 0 Å². The third kappa shape index (κ3) is 8.51. The van der Waals surface area contributed by atoms with Gasteiger partial charge in [0.25, 0.3) is 0 Å². The van der Waals surface area contributed by atoms with E-state index in [0.717, 1.165) is 12.8 Å². The number of hydrogen-bond acceptors (Lipinski definition) is 3. The lowest BCUT2D eigenvalue weighted by Gasteiger charge is -2.42. The standard InChI is InChI=1S/C26H52O3Si3/c1-15-16-21(20-27-31(11,12)25(2,3)4)23-19-22(28-32(13,14)26(5,6)7)17-18-24(23)29-30(8,9)10/h15-16,19,22,24H,1,17-18,20H2,2-14H3/b21-16-. The van der Waals surface area contributed by atoms with Crippen LogP contribution in [0.4, 0.5) is 0 Å². The molecule has 0 amide bonds. The van der Waals surface area contributed by atoms with Gasteiger partial charge in [0.05, 0.1) is 18.8 Å². The van der Waals surface area contributed by atoms with Crippen LogP contribution in [0.15, 0.2) is 36.0 Å². The lowest BCUT2D eigenvalue weighted by atomic mass is 9.89. The maximum Gasteiger partial charge on any atom is 0.192 e. The maximum atomic E-state index is 6.81. The van der Waals surface area contributed by atoms with E-state index in [-0.39, 0.29) is 22.3 Å². The lowest BCUT2D eigenvalue weighted by molar-refractivity contribution is 0.150. The second-order valence-corrected chi connectivity index (χ2v) is 27.3. The monoisotopic (exact) mass is 496 g/mol. The number of hydrogen-bond donors (Lipinski definition) is 0. The summed E-state index contributed by atoms with van der Waals surface area (Å²) in [6.45, 7) is 34.5. The summed E-state index contributed by atoms with van der Waals surface area (Å²) in [6, 6.07) is 0. The van der Waals surface area contributed by atoms with Gasteiger partial charge in [-0.05, 0) is 79.9 Å². The van der Waals surface area contributed by atoms with E-state index >= 15 is 0 Å². The first-order valence-electron chi connectivity index (χ1n) is 12.2. The van der Waals surface area contributed by atoms with E-state index < -0.39 is 25.0 Å². The van der Waals surface area contributed by atoms with Gasteiger partial charge in [0.1, 0.15) is 0 Å². The molecule has 0 aromatic heterocycles. The van der Waals surface area contributed by atoms with Crippen molar-refractivity contribution in [2.24, 2.45) is 0 Å². The molecule has 0 N–H and O–H groups in total. The SMILES string of the molecule is C=C/C=C(/CO[Si](C)(C)C(C)(C)C)C1=CC(O[Si](C)(C)C(C)(C)C)CCC1O[Si](C)(C)C. The largest absolute Gasteiger partial charge is 0.413 e. The Balaban J connectivity index is 3.31. The molecule has 186 valence electrons. The van der Waals surface area contributed by atoms with E-state index in [1.165, 1.54) is 11.1 Å². The Morgan fingerprint density at radius 3 is 1.88 bits per heavy atom. The van der Waals surface area contributed by atoms with E-state index in [1.807, 2.05) is 6.08 Å². The van der Waals surface area contributed by atoms with Crippen molar-refractivity contribution in [3.05, 3.63) is 36.0 Å². The predicted octanol–water partition coefficient (Wildman–Crippen LogP) is 8.45. The third-order valence-electron chi connectivity index (χ3n) is 7.26. The summed E-state index contributed by atoms with van der Waals surface area (Å²) in [5.74, 6) is 0. The maximum absolute atomic E-state index is 6.81. The molecule has 2 atom stereocenters. The quantitative estimate of drug-likeness (QED) is 0.237. The summed E-state index contributed by atoms with van der Waals surface area (Å²) in [5, 5.41) is 0.368. The second kappa shape index (κ2) is 10.6. The van der Waals surface area contributed by atoms with Crippen molar-refractivity contribution < 1.29 is 13.3 Å². The first-order chi connectivity index (χ1) is 14.2. The zero-order valence-corrected chi connectivity index (χ0v) is 26.4. The molecule has 0 aliphatic heterocycles. The summed E-state index contributed by atoms with van der Waals surface area (Å²) in [5.41, 5.74) is 2.44. The van der Waals surface area contributed by atoms with E-state index in [0.29, 0.717) is 6.61 Å². The van der Waals surface area contributed by atoms with Crippen molar-refractivity contribution in [3.63, 3.8) is 0 Å². The van der Waals surface area contributed by atoms with Crippen molar-refractivity contribution >= 4 is 25.0 Å². The molecule has 0 heterocycles. The molecule has 2 unspecified atom stereocenters. The summed E-state index contributed by atoms with van der Waals surface area (Å²) in [4.78, 5) is 0. The van der Waals surface area contributed by atoms with Gasteiger partial charge in [-0.25, -0.2) is 0 Å². The van der Waals surface area contributed by atoms with Crippen molar-refractivity contribution in [1.82, 2.24) is 0 Å². The van der Waals surface area contributed by atoms with E-state index in [4.69, 9.17) is 13.3 Å². The van der Waals surface area contributed by atoms with Gasteiger partial charge < -0.3 is 13.3 Å². The van der Waals surface area contributed by atoms with Gasteiger partial charge in [0.15, 0.2) is 25.0 Å². The predicted molar refractivity (Wildman–Crippen MR) is 149 cm³/mol. The van der Waals surface area contributed by atoms with Crippen LogP contribution >= 0.6 is 0 Å². The molecular weight excluding hydrogens is 445 g/mol. The second-order valence-electron chi connectivity index (χ2n) is 13.3. The molecule has 0 aromatic carbocycles.